The van der Waals surface area contributed by atoms with E-state index < -0.39 is 0 Å². The van der Waals surface area contributed by atoms with Gasteiger partial charge in [-0.05, 0) is 28.5 Å². The van der Waals surface area contributed by atoms with Crippen LogP contribution in [-0.4, -0.2) is 12.1 Å². The van der Waals surface area contributed by atoms with Crippen molar-refractivity contribution in [1.29, 1.82) is 0 Å². The summed E-state index contributed by atoms with van der Waals surface area (Å²) in [5.74, 6) is 0.652. The van der Waals surface area contributed by atoms with Crippen molar-refractivity contribution in [2.45, 2.75) is 0 Å². The molecule has 0 spiro atoms. The van der Waals surface area contributed by atoms with Crippen LogP contribution in [0.5, 0.6) is 5.88 Å². The molecule has 2 aromatic heterocycles. The molecule has 0 unspecified atom stereocenters. The third-order valence-corrected chi connectivity index (χ3v) is 2.48. The Labute approximate surface area is 80.8 Å². The summed E-state index contributed by atoms with van der Waals surface area (Å²) in [7, 11) is 1.62. The first-order valence-electron chi connectivity index (χ1n) is 3.93. The molecule has 0 atom stereocenters. The molecular formula is C10H9NOS. The van der Waals surface area contributed by atoms with E-state index in [0.717, 1.165) is 5.56 Å². The minimum atomic E-state index is 0.652. The number of ether oxygens (including phenoxy) is 1. The molecule has 66 valence electrons. The molecule has 0 aliphatic carbocycles. The highest BCUT2D eigenvalue weighted by atomic mass is 32.1. The topological polar surface area (TPSA) is 22.1 Å². The van der Waals surface area contributed by atoms with E-state index in [0.29, 0.717) is 5.88 Å². The normalized spacial score (nSPS) is 9.92. The second-order valence-corrected chi connectivity index (χ2v) is 3.38. The number of pyridine rings is 1. The zero-order valence-electron chi connectivity index (χ0n) is 7.23. The van der Waals surface area contributed by atoms with Crippen molar-refractivity contribution < 1.29 is 4.74 Å². The van der Waals surface area contributed by atoms with Gasteiger partial charge in [0.1, 0.15) is 0 Å². The van der Waals surface area contributed by atoms with Gasteiger partial charge in [-0.15, -0.1) is 0 Å². The Morgan fingerprint density at radius 1 is 1.23 bits per heavy atom. The van der Waals surface area contributed by atoms with Gasteiger partial charge < -0.3 is 4.74 Å². The quantitative estimate of drug-likeness (QED) is 0.728. The van der Waals surface area contributed by atoms with Crippen molar-refractivity contribution in [3.63, 3.8) is 0 Å². The molecule has 2 nitrogen and oxygen atoms in total. The summed E-state index contributed by atoms with van der Waals surface area (Å²) in [5.41, 5.74) is 2.34. The van der Waals surface area contributed by atoms with E-state index in [1.54, 1.807) is 18.4 Å². The number of hydrogen-bond donors (Lipinski definition) is 0. The lowest BCUT2D eigenvalue weighted by Crippen LogP contribution is -1.86. The molecule has 13 heavy (non-hydrogen) atoms. The van der Waals surface area contributed by atoms with Crippen LogP contribution >= 0.6 is 11.3 Å². The first-order valence-corrected chi connectivity index (χ1v) is 4.87. The van der Waals surface area contributed by atoms with Gasteiger partial charge in [-0.25, -0.2) is 4.98 Å². The molecule has 3 heteroatoms. The Balaban J connectivity index is 2.33. The first kappa shape index (κ1) is 8.26. The minimum absolute atomic E-state index is 0.652. The number of rotatable bonds is 2. The van der Waals surface area contributed by atoms with Crippen molar-refractivity contribution in [2.24, 2.45) is 0 Å². The Morgan fingerprint density at radius 2 is 2.15 bits per heavy atom. The highest BCUT2D eigenvalue weighted by molar-refractivity contribution is 7.08. The third-order valence-electron chi connectivity index (χ3n) is 1.80. The molecule has 0 fully saturated rings. The third kappa shape index (κ3) is 1.70. The van der Waals surface area contributed by atoms with E-state index in [9.17, 15) is 0 Å². The highest BCUT2D eigenvalue weighted by Gasteiger charge is 1.98. The molecule has 0 aliphatic rings. The lowest BCUT2D eigenvalue weighted by Gasteiger charge is -1.99. The molecule has 0 bridgehead atoms. The molecule has 0 amide bonds. The minimum Gasteiger partial charge on any atom is -0.481 e. The van der Waals surface area contributed by atoms with Crippen LogP contribution in [0.1, 0.15) is 0 Å². The number of aromatic nitrogens is 1. The molecule has 0 aliphatic heterocycles. The van der Waals surface area contributed by atoms with Gasteiger partial charge in [0.25, 0.3) is 0 Å². The van der Waals surface area contributed by atoms with Crippen LogP contribution in [0, 0.1) is 0 Å². The Morgan fingerprint density at radius 3 is 2.69 bits per heavy atom. The summed E-state index contributed by atoms with van der Waals surface area (Å²) in [6.45, 7) is 0. The van der Waals surface area contributed by atoms with Crippen molar-refractivity contribution >= 4 is 11.3 Å². The average Bonchev–Trinajstić information content (AvgIpc) is 2.71. The van der Waals surface area contributed by atoms with Gasteiger partial charge in [-0.3, -0.25) is 0 Å². The number of hydrogen-bond acceptors (Lipinski definition) is 3. The van der Waals surface area contributed by atoms with Gasteiger partial charge in [0.2, 0.25) is 5.88 Å². The fraction of sp³-hybridized carbons (Fsp3) is 0.100. The van der Waals surface area contributed by atoms with Crippen LogP contribution in [-0.2, 0) is 0 Å². The molecule has 0 radical (unpaired) electrons. The predicted molar refractivity (Wildman–Crippen MR) is 54.1 cm³/mol. The SMILES string of the molecule is COc1ccc(-c2ccsc2)cn1. The molecule has 0 saturated carbocycles. The van der Waals surface area contributed by atoms with E-state index in [4.69, 9.17) is 4.74 Å². The predicted octanol–water partition coefficient (Wildman–Crippen LogP) is 2.82. The summed E-state index contributed by atoms with van der Waals surface area (Å²) in [4.78, 5) is 4.14. The Kier molecular flexibility index (Phi) is 2.27. The smallest absolute Gasteiger partial charge is 0.212 e. The van der Waals surface area contributed by atoms with Crippen molar-refractivity contribution in [3.8, 4) is 17.0 Å². The molecule has 2 aromatic rings. The fourth-order valence-corrected chi connectivity index (χ4v) is 1.77. The lowest BCUT2D eigenvalue weighted by molar-refractivity contribution is 0.398. The molecule has 0 saturated heterocycles. The molecule has 2 rings (SSSR count). The van der Waals surface area contributed by atoms with Gasteiger partial charge in [0, 0.05) is 17.8 Å². The molecule has 0 N–H and O–H groups in total. The monoisotopic (exact) mass is 191 g/mol. The maximum absolute atomic E-state index is 4.98. The molecule has 2 heterocycles. The summed E-state index contributed by atoms with van der Waals surface area (Å²) in [6, 6.07) is 5.95. The van der Waals surface area contributed by atoms with E-state index >= 15 is 0 Å². The molecule has 0 aromatic carbocycles. The fourth-order valence-electron chi connectivity index (χ4n) is 1.10. The number of thiophene rings is 1. The second-order valence-electron chi connectivity index (χ2n) is 2.60. The zero-order valence-corrected chi connectivity index (χ0v) is 8.04. The first-order chi connectivity index (χ1) is 6.40. The maximum Gasteiger partial charge on any atom is 0.212 e. The van der Waals surface area contributed by atoms with Gasteiger partial charge in [0.15, 0.2) is 0 Å². The van der Waals surface area contributed by atoms with Crippen molar-refractivity contribution in [3.05, 3.63) is 35.2 Å². The van der Waals surface area contributed by atoms with E-state index in [1.807, 2.05) is 18.3 Å². The van der Waals surface area contributed by atoms with Gasteiger partial charge in [-0.1, -0.05) is 0 Å². The summed E-state index contributed by atoms with van der Waals surface area (Å²) < 4.78 is 4.98. The van der Waals surface area contributed by atoms with Crippen LogP contribution < -0.4 is 4.74 Å². The van der Waals surface area contributed by atoms with Crippen LogP contribution in [0.3, 0.4) is 0 Å². The van der Waals surface area contributed by atoms with E-state index in [-0.39, 0.29) is 0 Å². The Hall–Kier alpha value is -1.35. The van der Waals surface area contributed by atoms with E-state index in [1.165, 1.54) is 5.56 Å². The number of nitrogens with zero attached hydrogens (tertiary/aromatic N) is 1. The van der Waals surface area contributed by atoms with E-state index in [2.05, 4.69) is 21.8 Å². The van der Waals surface area contributed by atoms with Crippen LogP contribution in [0.2, 0.25) is 0 Å². The number of methoxy groups -OCH3 is 1. The van der Waals surface area contributed by atoms with Crippen molar-refractivity contribution in [2.75, 3.05) is 7.11 Å². The lowest BCUT2D eigenvalue weighted by atomic mass is 10.2. The summed E-state index contributed by atoms with van der Waals surface area (Å²) >= 11 is 1.69. The average molecular weight is 191 g/mol. The van der Waals surface area contributed by atoms with Gasteiger partial charge >= 0.3 is 0 Å². The highest BCUT2D eigenvalue weighted by Crippen LogP contribution is 2.22. The zero-order chi connectivity index (χ0) is 9.10. The Bertz CT molecular complexity index is 366. The summed E-state index contributed by atoms with van der Waals surface area (Å²) in [5, 5.41) is 4.16. The van der Waals surface area contributed by atoms with Gasteiger partial charge in [0.05, 0.1) is 7.11 Å². The molecular weight excluding hydrogens is 182 g/mol. The summed E-state index contributed by atoms with van der Waals surface area (Å²) in [6.07, 6.45) is 1.82. The van der Waals surface area contributed by atoms with Crippen LogP contribution in [0.15, 0.2) is 35.2 Å². The van der Waals surface area contributed by atoms with Gasteiger partial charge in [-0.2, -0.15) is 11.3 Å². The standard InChI is InChI=1S/C10H9NOS/c1-12-10-3-2-8(6-11-10)9-4-5-13-7-9/h2-7H,1H3. The van der Waals surface area contributed by atoms with Crippen LogP contribution in [0.25, 0.3) is 11.1 Å². The van der Waals surface area contributed by atoms with Crippen LogP contribution in [0.4, 0.5) is 0 Å². The largest absolute Gasteiger partial charge is 0.481 e. The second kappa shape index (κ2) is 3.58. The van der Waals surface area contributed by atoms with Crippen molar-refractivity contribution in [1.82, 2.24) is 4.98 Å². The maximum atomic E-state index is 4.98.